The standard InChI is InChI=1S/C13H15N3O2/c17-13(18)12-8-9-7-10(1-2-11(9)15-12)16-5-3-14-4-6-16/h1-2,7-8,14-15H,3-6H2,(H,17,18). The number of aromatic amines is 1. The summed E-state index contributed by atoms with van der Waals surface area (Å²) < 4.78 is 0. The van der Waals surface area contributed by atoms with Gasteiger partial charge in [0.2, 0.25) is 0 Å². The van der Waals surface area contributed by atoms with Crippen molar-refractivity contribution in [1.29, 1.82) is 0 Å². The van der Waals surface area contributed by atoms with E-state index in [0.29, 0.717) is 0 Å². The zero-order valence-electron chi connectivity index (χ0n) is 9.94. The number of aromatic carboxylic acids is 1. The Morgan fingerprint density at radius 1 is 1.22 bits per heavy atom. The van der Waals surface area contributed by atoms with Gasteiger partial charge in [-0.1, -0.05) is 0 Å². The molecule has 2 aromatic rings. The van der Waals surface area contributed by atoms with Crippen molar-refractivity contribution in [3.8, 4) is 0 Å². The smallest absolute Gasteiger partial charge is 0.352 e. The first kappa shape index (κ1) is 11.1. The number of H-pyrrole nitrogens is 1. The number of nitrogens with zero attached hydrogens (tertiary/aromatic N) is 1. The minimum Gasteiger partial charge on any atom is -0.477 e. The number of hydrogen-bond acceptors (Lipinski definition) is 3. The summed E-state index contributed by atoms with van der Waals surface area (Å²) in [5.41, 5.74) is 2.26. The molecule has 18 heavy (non-hydrogen) atoms. The second-order valence-electron chi connectivity index (χ2n) is 4.50. The molecule has 0 aliphatic carbocycles. The lowest BCUT2D eigenvalue weighted by atomic mass is 10.2. The first-order chi connectivity index (χ1) is 8.74. The normalized spacial score (nSPS) is 16.1. The summed E-state index contributed by atoms with van der Waals surface area (Å²) in [7, 11) is 0. The molecule has 0 bridgehead atoms. The van der Waals surface area contributed by atoms with Crippen molar-refractivity contribution >= 4 is 22.6 Å². The summed E-state index contributed by atoms with van der Waals surface area (Å²) >= 11 is 0. The molecular weight excluding hydrogens is 230 g/mol. The van der Waals surface area contributed by atoms with Crippen molar-refractivity contribution in [3.63, 3.8) is 0 Å². The molecule has 0 atom stereocenters. The molecule has 0 spiro atoms. The molecule has 3 rings (SSSR count). The fourth-order valence-electron chi connectivity index (χ4n) is 2.35. The van der Waals surface area contributed by atoms with E-state index >= 15 is 0 Å². The number of carboxylic acids is 1. The number of carbonyl (C=O) groups is 1. The van der Waals surface area contributed by atoms with E-state index in [0.717, 1.165) is 42.8 Å². The zero-order chi connectivity index (χ0) is 12.5. The highest BCUT2D eigenvalue weighted by Crippen LogP contribution is 2.23. The number of fused-ring (bicyclic) bond motifs is 1. The number of carboxylic acid groups (broad SMARTS) is 1. The quantitative estimate of drug-likeness (QED) is 0.745. The van der Waals surface area contributed by atoms with Gasteiger partial charge in [0.25, 0.3) is 0 Å². The van der Waals surface area contributed by atoms with E-state index < -0.39 is 5.97 Å². The molecule has 2 heterocycles. The molecule has 5 heteroatoms. The lowest BCUT2D eigenvalue weighted by Crippen LogP contribution is -2.43. The van der Waals surface area contributed by atoms with Gasteiger partial charge < -0.3 is 20.3 Å². The van der Waals surface area contributed by atoms with Crippen molar-refractivity contribution in [1.82, 2.24) is 10.3 Å². The number of benzene rings is 1. The summed E-state index contributed by atoms with van der Waals surface area (Å²) in [5, 5.41) is 13.2. The van der Waals surface area contributed by atoms with Gasteiger partial charge in [-0.15, -0.1) is 0 Å². The molecule has 0 amide bonds. The van der Waals surface area contributed by atoms with Crippen LogP contribution in [-0.4, -0.2) is 42.2 Å². The Bertz CT molecular complexity index is 585. The van der Waals surface area contributed by atoms with Crippen LogP contribution in [0.3, 0.4) is 0 Å². The average molecular weight is 245 g/mol. The van der Waals surface area contributed by atoms with Crippen molar-refractivity contribution < 1.29 is 9.90 Å². The summed E-state index contributed by atoms with van der Waals surface area (Å²) in [6, 6.07) is 7.71. The van der Waals surface area contributed by atoms with Gasteiger partial charge in [-0.05, 0) is 24.3 Å². The minimum absolute atomic E-state index is 0.238. The van der Waals surface area contributed by atoms with Crippen molar-refractivity contribution in [3.05, 3.63) is 30.0 Å². The van der Waals surface area contributed by atoms with Crippen molar-refractivity contribution in [2.75, 3.05) is 31.1 Å². The van der Waals surface area contributed by atoms with Gasteiger partial charge in [-0.25, -0.2) is 4.79 Å². The number of anilines is 1. The SMILES string of the molecule is O=C(O)c1cc2cc(N3CCNCC3)ccc2[nH]1. The molecule has 1 aliphatic rings. The predicted molar refractivity (Wildman–Crippen MR) is 70.3 cm³/mol. The van der Waals surface area contributed by atoms with Crippen LogP contribution in [0.5, 0.6) is 0 Å². The molecule has 3 N–H and O–H groups in total. The van der Waals surface area contributed by atoms with Gasteiger partial charge >= 0.3 is 5.97 Å². The average Bonchev–Trinajstić information content (AvgIpc) is 2.82. The molecule has 5 nitrogen and oxygen atoms in total. The Kier molecular flexibility index (Phi) is 2.68. The van der Waals surface area contributed by atoms with Crippen LogP contribution >= 0.6 is 0 Å². The molecule has 1 aromatic heterocycles. The van der Waals surface area contributed by atoms with Crippen LogP contribution in [0.4, 0.5) is 5.69 Å². The van der Waals surface area contributed by atoms with E-state index in [2.05, 4.69) is 15.2 Å². The first-order valence-electron chi connectivity index (χ1n) is 6.06. The number of aromatic nitrogens is 1. The minimum atomic E-state index is -0.921. The maximum Gasteiger partial charge on any atom is 0.352 e. The van der Waals surface area contributed by atoms with Crippen LogP contribution in [0.1, 0.15) is 10.5 Å². The molecule has 0 saturated carbocycles. The van der Waals surface area contributed by atoms with E-state index in [4.69, 9.17) is 5.11 Å². The van der Waals surface area contributed by atoms with Crippen LogP contribution in [0.15, 0.2) is 24.3 Å². The Morgan fingerprint density at radius 3 is 2.72 bits per heavy atom. The monoisotopic (exact) mass is 245 g/mol. The van der Waals surface area contributed by atoms with Gasteiger partial charge in [-0.3, -0.25) is 0 Å². The Balaban J connectivity index is 1.96. The zero-order valence-corrected chi connectivity index (χ0v) is 9.94. The molecule has 1 aromatic carbocycles. The van der Waals surface area contributed by atoms with Gasteiger partial charge in [0.05, 0.1) is 0 Å². The van der Waals surface area contributed by atoms with Crippen LogP contribution in [0.2, 0.25) is 0 Å². The van der Waals surface area contributed by atoms with Crippen LogP contribution in [0.25, 0.3) is 10.9 Å². The lowest BCUT2D eigenvalue weighted by Gasteiger charge is -2.29. The third kappa shape index (κ3) is 1.93. The van der Waals surface area contributed by atoms with Crippen LogP contribution in [-0.2, 0) is 0 Å². The molecule has 1 aliphatic heterocycles. The van der Waals surface area contributed by atoms with E-state index in [9.17, 15) is 4.79 Å². The number of hydrogen-bond donors (Lipinski definition) is 3. The number of nitrogens with one attached hydrogen (secondary N) is 2. The summed E-state index contributed by atoms with van der Waals surface area (Å²) in [6.07, 6.45) is 0. The first-order valence-corrected chi connectivity index (χ1v) is 6.06. The second-order valence-corrected chi connectivity index (χ2v) is 4.50. The van der Waals surface area contributed by atoms with Gasteiger partial charge in [0, 0.05) is 42.8 Å². The fraction of sp³-hybridized carbons (Fsp3) is 0.308. The molecule has 0 radical (unpaired) electrons. The van der Waals surface area contributed by atoms with E-state index in [-0.39, 0.29) is 5.69 Å². The molecule has 0 unspecified atom stereocenters. The van der Waals surface area contributed by atoms with E-state index in [1.807, 2.05) is 18.2 Å². The Labute approximate surface area is 104 Å². The van der Waals surface area contributed by atoms with Gasteiger partial charge in [-0.2, -0.15) is 0 Å². The number of rotatable bonds is 2. The maximum absolute atomic E-state index is 10.9. The molecule has 94 valence electrons. The number of piperazine rings is 1. The van der Waals surface area contributed by atoms with Crippen molar-refractivity contribution in [2.45, 2.75) is 0 Å². The second kappa shape index (κ2) is 4.34. The van der Waals surface area contributed by atoms with Crippen molar-refractivity contribution in [2.24, 2.45) is 0 Å². The topological polar surface area (TPSA) is 68.4 Å². The highest BCUT2D eigenvalue weighted by Gasteiger charge is 2.12. The van der Waals surface area contributed by atoms with Crippen LogP contribution < -0.4 is 10.2 Å². The summed E-state index contributed by atoms with van der Waals surface area (Å²) in [6.45, 7) is 3.96. The van der Waals surface area contributed by atoms with Gasteiger partial charge in [0.1, 0.15) is 5.69 Å². The third-order valence-electron chi connectivity index (χ3n) is 3.32. The third-order valence-corrected chi connectivity index (χ3v) is 3.32. The van der Waals surface area contributed by atoms with Crippen LogP contribution in [0, 0.1) is 0 Å². The highest BCUT2D eigenvalue weighted by atomic mass is 16.4. The van der Waals surface area contributed by atoms with E-state index in [1.165, 1.54) is 0 Å². The Morgan fingerprint density at radius 2 is 2.00 bits per heavy atom. The Hall–Kier alpha value is -2.01. The molecule has 1 saturated heterocycles. The maximum atomic E-state index is 10.9. The predicted octanol–water partition coefficient (Wildman–Crippen LogP) is 1.28. The summed E-state index contributed by atoms with van der Waals surface area (Å²) in [5.74, 6) is -0.921. The highest BCUT2D eigenvalue weighted by molar-refractivity contribution is 5.94. The van der Waals surface area contributed by atoms with E-state index in [1.54, 1.807) is 6.07 Å². The van der Waals surface area contributed by atoms with Gasteiger partial charge in [0.15, 0.2) is 0 Å². The molecule has 1 fully saturated rings. The largest absolute Gasteiger partial charge is 0.477 e. The lowest BCUT2D eigenvalue weighted by molar-refractivity contribution is 0.0691. The fourth-order valence-corrected chi connectivity index (χ4v) is 2.35. The molecular formula is C13H15N3O2. The summed E-state index contributed by atoms with van der Waals surface area (Å²) in [4.78, 5) is 16.1.